The molecule has 0 aliphatic heterocycles. The Labute approximate surface area is 238 Å². The maximum atomic E-state index is 13.8. The number of nitrogens with zero attached hydrogens (tertiary/aromatic N) is 6. The van der Waals surface area contributed by atoms with Gasteiger partial charge < -0.3 is 4.74 Å². The molecule has 2 aliphatic carbocycles. The van der Waals surface area contributed by atoms with Crippen molar-refractivity contribution in [1.29, 1.82) is 0 Å². The van der Waals surface area contributed by atoms with E-state index in [0.717, 1.165) is 25.0 Å². The van der Waals surface area contributed by atoms with E-state index in [-0.39, 0.29) is 42.6 Å². The number of halogens is 3. The van der Waals surface area contributed by atoms with Crippen LogP contribution in [-0.4, -0.2) is 34.4 Å². The topological polar surface area (TPSA) is 106 Å². The summed E-state index contributed by atoms with van der Waals surface area (Å²) in [6.07, 6.45) is 0.277. The van der Waals surface area contributed by atoms with Crippen molar-refractivity contribution in [3.05, 3.63) is 68.6 Å². The van der Waals surface area contributed by atoms with Crippen molar-refractivity contribution in [2.75, 3.05) is 0 Å². The van der Waals surface area contributed by atoms with Gasteiger partial charge in [0.15, 0.2) is 17.4 Å². The molecule has 222 valence electrons. The van der Waals surface area contributed by atoms with Crippen LogP contribution in [0.2, 0.25) is 0 Å². The van der Waals surface area contributed by atoms with Crippen molar-refractivity contribution < 1.29 is 22.7 Å². The minimum absolute atomic E-state index is 0.0588. The molecule has 2 fully saturated rings. The fourth-order valence-electron chi connectivity index (χ4n) is 5.64. The number of rotatable bonds is 10. The number of ether oxygens (including phenoxy) is 1. The van der Waals surface area contributed by atoms with Crippen LogP contribution in [0.15, 0.2) is 46.2 Å². The number of alkyl halides is 3. The van der Waals surface area contributed by atoms with E-state index in [4.69, 9.17) is 9.72 Å². The third-order valence-corrected chi connectivity index (χ3v) is 8.28. The minimum atomic E-state index is -4.47. The summed E-state index contributed by atoms with van der Waals surface area (Å²) in [5.41, 5.74) is -0.994. The standard InChI is InChI=1S/C29H31F3N6O4/c1-4-10-37-25(39)22-24(36(6-3)27(37)41)34-23(38(22)21(5-2)42-26(40)28-12-20(28)13-28)18-14-33-35(16-18)15-17-8-7-9-19(11-17)29(30,31)32/h7-9,11,14,16,20-21H,4-6,10,12-13,15H2,1-3H3. The molecule has 10 nitrogen and oxygen atoms in total. The Morgan fingerprint density at radius 2 is 1.90 bits per heavy atom. The molecule has 3 heterocycles. The van der Waals surface area contributed by atoms with E-state index in [9.17, 15) is 27.6 Å². The molecule has 6 rings (SSSR count). The first kappa shape index (κ1) is 28.0. The molecule has 42 heavy (non-hydrogen) atoms. The van der Waals surface area contributed by atoms with Crippen molar-refractivity contribution in [1.82, 2.24) is 28.5 Å². The highest BCUT2D eigenvalue weighted by molar-refractivity contribution is 5.85. The van der Waals surface area contributed by atoms with Gasteiger partial charge in [-0.1, -0.05) is 26.0 Å². The first-order valence-electron chi connectivity index (χ1n) is 14.2. The Morgan fingerprint density at radius 3 is 2.52 bits per heavy atom. The number of benzene rings is 1. The molecule has 1 aromatic carbocycles. The highest BCUT2D eigenvalue weighted by atomic mass is 19.4. The lowest BCUT2D eigenvalue weighted by molar-refractivity contribution is -0.158. The van der Waals surface area contributed by atoms with E-state index in [1.54, 1.807) is 23.8 Å². The third-order valence-electron chi connectivity index (χ3n) is 8.28. The van der Waals surface area contributed by atoms with Gasteiger partial charge in [0.25, 0.3) is 5.56 Å². The zero-order chi connectivity index (χ0) is 30.0. The monoisotopic (exact) mass is 584 g/mol. The van der Waals surface area contributed by atoms with Crippen LogP contribution in [0.1, 0.15) is 63.8 Å². The van der Waals surface area contributed by atoms with Crippen LogP contribution in [0, 0.1) is 11.3 Å². The highest BCUT2D eigenvalue weighted by Gasteiger charge is 2.76. The summed E-state index contributed by atoms with van der Waals surface area (Å²) in [4.78, 5) is 44.8. The van der Waals surface area contributed by atoms with E-state index in [1.165, 1.54) is 26.1 Å². The molecule has 3 aromatic heterocycles. The Bertz CT molecular complexity index is 1810. The normalized spacial score (nSPS) is 20.0. The SMILES string of the molecule is CCCn1c(=O)c2c(nc(-c3cnn(Cc4cccc(C(F)(F)F)c4)c3)n2C(CC)OC(=O)C23CC2C3)n(CC)c1=O. The number of fused-ring (bicyclic) bond motifs is 2. The van der Waals surface area contributed by atoms with Gasteiger partial charge in [0, 0.05) is 25.7 Å². The Hall–Kier alpha value is -4.16. The summed E-state index contributed by atoms with van der Waals surface area (Å²) in [6, 6.07) is 5.01. The Morgan fingerprint density at radius 1 is 1.17 bits per heavy atom. The second-order valence-corrected chi connectivity index (χ2v) is 11.1. The average Bonchev–Trinajstić information content (AvgIpc) is 3.72. The number of esters is 1. The van der Waals surface area contributed by atoms with E-state index in [1.807, 2.05) is 13.8 Å². The molecule has 0 N–H and O–H groups in total. The predicted molar refractivity (Wildman–Crippen MR) is 147 cm³/mol. The Kier molecular flexibility index (Phi) is 6.65. The van der Waals surface area contributed by atoms with Crippen LogP contribution in [0.5, 0.6) is 0 Å². The maximum absolute atomic E-state index is 13.8. The molecule has 0 radical (unpaired) electrons. The van der Waals surface area contributed by atoms with Crippen molar-refractivity contribution >= 4 is 17.1 Å². The summed E-state index contributed by atoms with van der Waals surface area (Å²) in [5, 5.41) is 4.35. The average molecular weight is 585 g/mol. The van der Waals surface area contributed by atoms with E-state index < -0.39 is 34.6 Å². The highest BCUT2D eigenvalue weighted by Crippen LogP contribution is 2.76. The molecule has 0 bridgehead atoms. The van der Waals surface area contributed by atoms with Gasteiger partial charge in [-0.25, -0.2) is 9.78 Å². The van der Waals surface area contributed by atoms with E-state index in [2.05, 4.69) is 5.10 Å². The molecular weight excluding hydrogens is 553 g/mol. The number of hydrogen-bond donors (Lipinski definition) is 0. The van der Waals surface area contributed by atoms with Gasteiger partial charge in [0.1, 0.15) is 5.82 Å². The smallest absolute Gasteiger partial charge is 0.416 e. The zero-order valence-corrected chi connectivity index (χ0v) is 23.5. The molecule has 4 aromatic rings. The van der Waals surface area contributed by atoms with E-state index >= 15 is 0 Å². The van der Waals surface area contributed by atoms with E-state index in [0.29, 0.717) is 29.9 Å². The summed E-state index contributed by atoms with van der Waals surface area (Å²) in [6.45, 7) is 6.01. The van der Waals surface area contributed by atoms with Gasteiger partial charge >= 0.3 is 17.8 Å². The van der Waals surface area contributed by atoms with Gasteiger partial charge in [-0.05, 0) is 49.8 Å². The van der Waals surface area contributed by atoms with Crippen molar-refractivity contribution in [3.63, 3.8) is 0 Å². The molecule has 0 saturated heterocycles. The molecule has 0 spiro atoms. The molecule has 2 aliphatic rings. The first-order chi connectivity index (χ1) is 20.0. The fraction of sp³-hybridized carbons (Fsp3) is 0.483. The van der Waals surface area contributed by atoms with Crippen LogP contribution >= 0.6 is 0 Å². The lowest BCUT2D eigenvalue weighted by Gasteiger charge is -2.21. The van der Waals surface area contributed by atoms with Crippen LogP contribution in [0.25, 0.3) is 22.6 Å². The fourth-order valence-corrected chi connectivity index (χ4v) is 5.64. The number of aromatic nitrogens is 6. The number of carbonyl (C=O) groups excluding carboxylic acids is 1. The van der Waals surface area contributed by atoms with Crippen LogP contribution in [-0.2, 0) is 35.3 Å². The predicted octanol–water partition coefficient (Wildman–Crippen LogP) is 4.58. The van der Waals surface area contributed by atoms with Gasteiger partial charge in [-0.15, -0.1) is 0 Å². The van der Waals surface area contributed by atoms with Crippen LogP contribution in [0.3, 0.4) is 0 Å². The third kappa shape index (κ3) is 4.54. The molecule has 1 unspecified atom stereocenters. The van der Waals surface area contributed by atoms with Crippen LogP contribution < -0.4 is 11.2 Å². The quantitative estimate of drug-likeness (QED) is 0.253. The maximum Gasteiger partial charge on any atom is 0.416 e. The second-order valence-electron chi connectivity index (χ2n) is 11.1. The Balaban J connectivity index is 1.47. The largest absolute Gasteiger partial charge is 0.441 e. The van der Waals surface area contributed by atoms with Gasteiger partial charge in [-0.2, -0.15) is 18.3 Å². The molecule has 2 saturated carbocycles. The zero-order valence-electron chi connectivity index (χ0n) is 23.5. The number of hydrogen-bond acceptors (Lipinski definition) is 6. The summed E-state index contributed by atoms with van der Waals surface area (Å²) < 4.78 is 51.4. The summed E-state index contributed by atoms with van der Waals surface area (Å²) in [5.74, 6) is 0.335. The van der Waals surface area contributed by atoms with Crippen molar-refractivity contribution in [2.24, 2.45) is 11.3 Å². The van der Waals surface area contributed by atoms with Gasteiger partial charge in [-0.3, -0.25) is 28.0 Å². The second kappa shape index (κ2) is 9.99. The molecule has 13 heteroatoms. The molecular formula is C29H31F3N6O4. The molecule has 1 atom stereocenters. The van der Waals surface area contributed by atoms with Crippen molar-refractivity contribution in [3.8, 4) is 11.4 Å². The van der Waals surface area contributed by atoms with Crippen molar-refractivity contribution in [2.45, 2.75) is 78.5 Å². The number of aryl methyl sites for hydroxylation is 1. The lowest BCUT2D eigenvalue weighted by Crippen LogP contribution is -2.40. The van der Waals surface area contributed by atoms with Crippen LogP contribution in [0.4, 0.5) is 13.2 Å². The lowest BCUT2D eigenvalue weighted by atomic mass is 10.1. The van der Waals surface area contributed by atoms with Gasteiger partial charge in [0.2, 0.25) is 0 Å². The van der Waals surface area contributed by atoms with Gasteiger partial charge in [0.05, 0.1) is 29.3 Å². The molecule has 0 amide bonds. The summed E-state index contributed by atoms with van der Waals surface area (Å²) in [7, 11) is 0. The minimum Gasteiger partial charge on any atom is -0.441 e. The number of carbonyl (C=O) groups is 1. The number of imidazole rings is 1. The first-order valence-corrected chi connectivity index (χ1v) is 14.2. The summed E-state index contributed by atoms with van der Waals surface area (Å²) >= 11 is 0.